The third-order valence-corrected chi connectivity index (χ3v) is 13.5. The molecule has 4 aliphatic rings. The van der Waals surface area contributed by atoms with Gasteiger partial charge in [0.05, 0.1) is 11.0 Å². The third kappa shape index (κ3) is 5.44. The lowest BCUT2D eigenvalue weighted by Gasteiger charge is -2.60. The van der Waals surface area contributed by atoms with Crippen LogP contribution in [0.15, 0.2) is 66.7 Å². The molecule has 7 nitrogen and oxygen atoms in total. The Morgan fingerprint density at radius 3 is 2.16 bits per heavy atom. The summed E-state index contributed by atoms with van der Waals surface area (Å²) >= 11 is 0. The number of fused-ring (bicyclic) bond motifs is 6. The number of aryl methyl sites for hydroxylation is 2. The summed E-state index contributed by atoms with van der Waals surface area (Å²) < 4.78 is 6.29. The molecule has 0 aromatic heterocycles. The minimum atomic E-state index is -1.09. The van der Waals surface area contributed by atoms with Crippen LogP contribution in [-0.2, 0) is 39.9 Å². The standard InChI is InChI=1S/C42H50N2O5/c1-39-20-8-22-41(3,35(39)18-14-29-12-16-31(24-33(29)39)43-38(47)48)37(46)44(27-45)42(4)23-9-21-40(2)34-25-32(17-13-30(34)15-19-36(40)42)49-26-28-10-6-5-7-11-28/h5-7,10-13,16-17,24-25,27,35-36,43H,8-9,14-15,18-23,26H2,1-4H3,(H,47,48)/t35-,36-,39-,40-,41+,42+/m1/s1. The predicted octanol–water partition coefficient (Wildman–Crippen LogP) is 8.81. The highest BCUT2D eigenvalue weighted by Crippen LogP contribution is 2.60. The van der Waals surface area contributed by atoms with E-state index in [9.17, 15) is 14.7 Å². The molecule has 0 radical (unpaired) electrons. The molecule has 7 heteroatoms. The number of anilines is 1. The highest BCUT2D eigenvalue weighted by atomic mass is 16.5. The van der Waals surface area contributed by atoms with Crippen molar-refractivity contribution in [1.29, 1.82) is 0 Å². The Bertz CT molecular complexity index is 1770. The number of carboxylic acid groups (broad SMARTS) is 1. The van der Waals surface area contributed by atoms with Gasteiger partial charge < -0.3 is 9.84 Å². The Morgan fingerprint density at radius 2 is 1.47 bits per heavy atom. The van der Waals surface area contributed by atoms with Crippen LogP contribution in [0.25, 0.3) is 0 Å². The first-order valence-electron chi connectivity index (χ1n) is 18.1. The number of carbonyl (C=O) groups excluding carboxylic acids is 2. The number of hydrogen-bond acceptors (Lipinski definition) is 4. The van der Waals surface area contributed by atoms with Crippen molar-refractivity contribution in [2.75, 3.05) is 5.32 Å². The van der Waals surface area contributed by atoms with Gasteiger partial charge in [-0.25, -0.2) is 4.79 Å². The smallest absolute Gasteiger partial charge is 0.409 e. The highest BCUT2D eigenvalue weighted by molar-refractivity contribution is 5.92. The molecule has 0 heterocycles. The molecule has 49 heavy (non-hydrogen) atoms. The molecule has 0 spiro atoms. The first-order valence-corrected chi connectivity index (χ1v) is 18.1. The normalized spacial score (nSPS) is 31.6. The SMILES string of the molecule is C[C@]1(N(C=O)C(=O)[C@@]2(C)CCC[C@]3(C)c4cc(NC(=O)O)ccc4CC[C@@H]23)CCC[C@]2(C)c3cc(OCc4ccccc4)ccc3CC[C@@H]12. The van der Waals surface area contributed by atoms with Crippen LogP contribution in [0.4, 0.5) is 10.5 Å². The average Bonchev–Trinajstić information content (AvgIpc) is 3.08. The second-order valence-electron chi connectivity index (χ2n) is 16.2. The van der Waals surface area contributed by atoms with Gasteiger partial charge >= 0.3 is 6.09 Å². The van der Waals surface area contributed by atoms with E-state index in [2.05, 4.69) is 63.3 Å². The molecular formula is C42H50N2O5. The summed E-state index contributed by atoms with van der Waals surface area (Å²) in [5.41, 5.74) is 4.84. The van der Waals surface area contributed by atoms with Crippen LogP contribution in [0.5, 0.6) is 5.75 Å². The first kappa shape index (κ1) is 33.4. The Hall–Kier alpha value is -4.13. The van der Waals surface area contributed by atoms with Gasteiger partial charge in [-0.2, -0.15) is 0 Å². The van der Waals surface area contributed by atoms with Crippen LogP contribution in [0.1, 0.15) is 107 Å². The molecule has 7 rings (SSSR count). The Morgan fingerprint density at radius 1 is 0.837 bits per heavy atom. The summed E-state index contributed by atoms with van der Waals surface area (Å²) in [7, 11) is 0. The van der Waals surface area contributed by atoms with E-state index in [4.69, 9.17) is 4.74 Å². The van der Waals surface area contributed by atoms with E-state index in [1.54, 1.807) is 4.90 Å². The molecule has 2 N–H and O–H groups in total. The molecule has 0 saturated heterocycles. The summed E-state index contributed by atoms with van der Waals surface area (Å²) in [5, 5.41) is 11.9. The van der Waals surface area contributed by atoms with E-state index >= 15 is 4.79 Å². The molecule has 0 bridgehead atoms. The van der Waals surface area contributed by atoms with Gasteiger partial charge in [-0.15, -0.1) is 0 Å². The number of rotatable bonds is 7. The second kappa shape index (κ2) is 12.3. The van der Waals surface area contributed by atoms with E-state index in [1.807, 2.05) is 36.4 Å². The van der Waals surface area contributed by atoms with Crippen LogP contribution in [-0.4, -0.2) is 34.0 Å². The molecule has 0 aliphatic heterocycles. The highest BCUT2D eigenvalue weighted by Gasteiger charge is 2.60. The van der Waals surface area contributed by atoms with E-state index in [1.165, 1.54) is 16.7 Å². The minimum absolute atomic E-state index is 0.0336. The number of ether oxygens (including phenoxy) is 1. The number of nitrogens with zero attached hydrogens (tertiary/aromatic N) is 1. The average molecular weight is 663 g/mol. The fraction of sp³-hybridized carbons (Fsp3) is 0.500. The van der Waals surface area contributed by atoms with E-state index in [0.29, 0.717) is 12.3 Å². The number of imide groups is 1. The monoisotopic (exact) mass is 662 g/mol. The van der Waals surface area contributed by atoms with Crippen molar-refractivity contribution >= 4 is 24.1 Å². The Balaban J connectivity index is 1.19. The second-order valence-corrected chi connectivity index (χ2v) is 16.2. The summed E-state index contributed by atoms with van der Waals surface area (Å²) in [4.78, 5) is 41.6. The minimum Gasteiger partial charge on any atom is -0.489 e. The summed E-state index contributed by atoms with van der Waals surface area (Å²) in [5.74, 6) is 0.967. The maximum Gasteiger partial charge on any atom is 0.409 e. The van der Waals surface area contributed by atoms with E-state index in [0.717, 1.165) is 87.5 Å². The molecule has 258 valence electrons. The van der Waals surface area contributed by atoms with Crippen molar-refractivity contribution in [2.24, 2.45) is 17.3 Å². The lowest BCUT2D eigenvalue weighted by molar-refractivity contribution is -0.166. The molecule has 2 fully saturated rings. The Labute approximate surface area is 290 Å². The van der Waals surface area contributed by atoms with Gasteiger partial charge in [-0.05, 0) is 133 Å². The Kier molecular flexibility index (Phi) is 8.40. The molecular weight excluding hydrogens is 612 g/mol. The van der Waals surface area contributed by atoms with Crippen molar-refractivity contribution in [2.45, 2.75) is 115 Å². The zero-order valence-corrected chi connectivity index (χ0v) is 29.4. The maximum absolute atomic E-state index is 15.2. The number of hydrogen-bond donors (Lipinski definition) is 2. The summed E-state index contributed by atoms with van der Waals surface area (Å²) in [6.45, 7) is 9.39. The topological polar surface area (TPSA) is 95.9 Å². The van der Waals surface area contributed by atoms with Gasteiger partial charge in [-0.1, -0.05) is 76.1 Å². The van der Waals surface area contributed by atoms with Gasteiger partial charge in [-0.3, -0.25) is 19.8 Å². The maximum atomic E-state index is 15.2. The van der Waals surface area contributed by atoms with E-state index in [-0.39, 0.29) is 28.6 Å². The van der Waals surface area contributed by atoms with Crippen molar-refractivity contribution < 1.29 is 24.2 Å². The molecule has 3 amide bonds. The lowest BCUT2D eigenvalue weighted by Crippen LogP contribution is -2.66. The molecule has 3 aromatic carbocycles. The lowest BCUT2D eigenvalue weighted by atomic mass is 9.48. The number of benzene rings is 3. The number of nitrogens with one attached hydrogen (secondary N) is 1. The molecule has 3 aromatic rings. The van der Waals surface area contributed by atoms with Crippen molar-refractivity contribution in [1.82, 2.24) is 4.90 Å². The summed E-state index contributed by atoms with van der Waals surface area (Å²) in [6, 6.07) is 22.6. The molecule has 0 unspecified atom stereocenters. The van der Waals surface area contributed by atoms with Crippen molar-refractivity contribution in [3.05, 3.63) is 94.5 Å². The van der Waals surface area contributed by atoms with Crippen LogP contribution >= 0.6 is 0 Å². The van der Waals surface area contributed by atoms with Gasteiger partial charge in [0.15, 0.2) is 0 Å². The van der Waals surface area contributed by atoms with Gasteiger partial charge in [0.1, 0.15) is 12.4 Å². The first-order chi connectivity index (χ1) is 23.4. The number of carbonyl (C=O) groups is 3. The van der Waals surface area contributed by atoms with Crippen LogP contribution < -0.4 is 10.1 Å². The van der Waals surface area contributed by atoms with Crippen molar-refractivity contribution in [3.63, 3.8) is 0 Å². The van der Waals surface area contributed by atoms with Gasteiger partial charge in [0, 0.05) is 5.69 Å². The van der Waals surface area contributed by atoms with Gasteiger partial charge in [0.25, 0.3) is 0 Å². The van der Waals surface area contributed by atoms with Crippen LogP contribution in [0.2, 0.25) is 0 Å². The zero-order chi connectivity index (χ0) is 34.6. The largest absolute Gasteiger partial charge is 0.489 e. The third-order valence-electron chi connectivity index (χ3n) is 13.5. The fourth-order valence-electron chi connectivity index (χ4n) is 11.1. The summed E-state index contributed by atoms with van der Waals surface area (Å²) in [6.07, 6.45) is 8.55. The van der Waals surface area contributed by atoms with Crippen LogP contribution in [0, 0.1) is 17.3 Å². The molecule has 2 saturated carbocycles. The van der Waals surface area contributed by atoms with Gasteiger partial charge in [0.2, 0.25) is 12.3 Å². The number of amides is 3. The molecule has 6 atom stereocenters. The van der Waals surface area contributed by atoms with Crippen LogP contribution in [0.3, 0.4) is 0 Å². The van der Waals surface area contributed by atoms with Crippen molar-refractivity contribution in [3.8, 4) is 5.75 Å². The predicted molar refractivity (Wildman–Crippen MR) is 191 cm³/mol. The fourth-order valence-corrected chi connectivity index (χ4v) is 11.1. The quantitative estimate of drug-likeness (QED) is 0.247. The molecule has 4 aliphatic carbocycles. The zero-order valence-electron chi connectivity index (χ0n) is 29.4. The van der Waals surface area contributed by atoms with E-state index < -0.39 is 17.0 Å².